The molecule has 1 unspecified atom stereocenters. The van der Waals surface area contributed by atoms with Crippen LogP contribution in [0.15, 0.2) is 24.4 Å². The van der Waals surface area contributed by atoms with Crippen LogP contribution in [0.1, 0.15) is 12.2 Å². The quantitative estimate of drug-likeness (QED) is 0.662. The highest BCUT2D eigenvalue weighted by Gasteiger charge is 2.73. The summed E-state index contributed by atoms with van der Waals surface area (Å²) in [5, 5.41) is 11.9. The SMILES string of the molecule is Cc1nnc2ccc(-c3cnc(OC4CC(F)(F)C4(F)F)c(F)c3)nn12. The van der Waals surface area contributed by atoms with Crippen LogP contribution in [0.5, 0.6) is 5.88 Å². The molecular weight excluding hydrogens is 361 g/mol. The summed E-state index contributed by atoms with van der Waals surface area (Å²) >= 11 is 0. The Morgan fingerprint density at radius 1 is 1.19 bits per heavy atom. The lowest BCUT2D eigenvalue weighted by Gasteiger charge is -2.42. The van der Waals surface area contributed by atoms with Crippen molar-refractivity contribution in [3.05, 3.63) is 36.0 Å². The van der Waals surface area contributed by atoms with Gasteiger partial charge >= 0.3 is 11.8 Å². The minimum absolute atomic E-state index is 0.246. The molecule has 4 rings (SSSR count). The first kappa shape index (κ1) is 16.6. The molecule has 136 valence electrons. The molecule has 6 nitrogen and oxygen atoms in total. The Morgan fingerprint density at radius 3 is 2.62 bits per heavy atom. The summed E-state index contributed by atoms with van der Waals surface area (Å²) in [7, 11) is 0. The van der Waals surface area contributed by atoms with Crippen molar-refractivity contribution in [2.24, 2.45) is 0 Å². The molecule has 0 saturated heterocycles. The highest BCUT2D eigenvalue weighted by atomic mass is 19.3. The van der Waals surface area contributed by atoms with E-state index in [1.165, 1.54) is 4.52 Å². The molecule has 26 heavy (non-hydrogen) atoms. The second kappa shape index (κ2) is 5.32. The molecule has 1 atom stereocenters. The molecule has 1 saturated carbocycles. The van der Waals surface area contributed by atoms with E-state index < -0.39 is 36.1 Å². The maximum Gasteiger partial charge on any atom is 0.346 e. The molecular formula is C15H10F5N5O. The molecule has 1 aliphatic rings. The van der Waals surface area contributed by atoms with Crippen molar-refractivity contribution < 1.29 is 26.7 Å². The van der Waals surface area contributed by atoms with Crippen LogP contribution in [0.25, 0.3) is 16.9 Å². The fraction of sp³-hybridized carbons (Fsp3) is 0.333. The minimum atomic E-state index is -4.36. The first-order chi connectivity index (χ1) is 12.2. The maximum atomic E-state index is 14.2. The fourth-order valence-electron chi connectivity index (χ4n) is 2.55. The molecule has 1 fully saturated rings. The van der Waals surface area contributed by atoms with Gasteiger partial charge < -0.3 is 4.74 Å². The van der Waals surface area contributed by atoms with Gasteiger partial charge in [-0.2, -0.15) is 27.2 Å². The van der Waals surface area contributed by atoms with E-state index in [4.69, 9.17) is 0 Å². The molecule has 3 aromatic heterocycles. The van der Waals surface area contributed by atoms with Crippen LogP contribution in [-0.2, 0) is 0 Å². The molecule has 1 aliphatic carbocycles. The summed E-state index contributed by atoms with van der Waals surface area (Å²) in [5.74, 6) is -9.84. The maximum absolute atomic E-state index is 14.2. The van der Waals surface area contributed by atoms with Crippen molar-refractivity contribution in [2.75, 3.05) is 0 Å². The van der Waals surface area contributed by atoms with E-state index in [9.17, 15) is 22.0 Å². The first-order valence-electron chi connectivity index (χ1n) is 7.46. The average Bonchev–Trinajstić information content (AvgIpc) is 2.96. The zero-order chi connectivity index (χ0) is 18.7. The van der Waals surface area contributed by atoms with Gasteiger partial charge in [-0.1, -0.05) is 0 Å². The van der Waals surface area contributed by atoms with Gasteiger partial charge in [0.2, 0.25) is 0 Å². The van der Waals surface area contributed by atoms with Gasteiger partial charge in [0.15, 0.2) is 23.4 Å². The van der Waals surface area contributed by atoms with Crippen LogP contribution in [0, 0.1) is 12.7 Å². The Morgan fingerprint density at radius 2 is 1.96 bits per heavy atom. The lowest BCUT2D eigenvalue weighted by atomic mass is 9.85. The van der Waals surface area contributed by atoms with Gasteiger partial charge in [-0.25, -0.2) is 9.37 Å². The zero-order valence-electron chi connectivity index (χ0n) is 13.1. The number of halogens is 5. The van der Waals surface area contributed by atoms with Gasteiger partial charge in [-0.3, -0.25) is 0 Å². The third-order valence-corrected chi connectivity index (χ3v) is 4.11. The van der Waals surface area contributed by atoms with Crippen LogP contribution in [0.4, 0.5) is 22.0 Å². The minimum Gasteiger partial charge on any atom is -0.465 e. The van der Waals surface area contributed by atoms with Crippen LogP contribution >= 0.6 is 0 Å². The topological polar surface area (TPSA) is 65.2 Å². The highest BCUT2D eigenvalue weighted by Crippen LogP contribution is 2.52. The van der Waals surface area contributed by atoms with Crippen molar-refractivity contribution in [3.63, 3.8) is 0 Å². The first-order valence-corrected chi connectivity index (χ1v) is 7.46. The van der Waals surface area contributed by atoms with Crippen LogP contribution in [0.3, 0.4) is 0 Å². The molecule has 0 bridgehead atoms. The van der Waals surface area contributed by atoms with Gasteiger partial charge in [-0.15, -0.1) is 10.2 Å². The van der Waals surface area contributed by atoms with Crippen LogP contribution < -0.4 is 4.74 Å². The summed E-state index contributed by atoms with van der Waals surface area (Å²) in [6, 6.07) is 4.15. The van der Waals surface area contributed by atoms with Gasteiger partial charge in [0.1, 0.15) is 0 Å². The molecule has 0 radical (unpaired) electrons. The smallest absolute Gasteiger partial charge is 0.346 e. The fourth-order valence-corrected chi connectivity index (χ4v) is 2.55. The van der Waals surface area contributed by atoms with E-state index >= 15 is 0 Å². The number of nitrogens with zero attached hydrogens (tertiary/aromatic N) is 5. The largest absolute Gasteiger partial charge is 0.465 e. The van der Waals surface area contributed by atoms with E-state index in [0.29, 0.717) is 17.2 Å². The standard InChI is InChI=1S/C15H10F5N5O/c1-7-22-23-12-3-2-10(24-25(7)12)8-4-9(16)13(21-6-8)26-11-5-14(17,18)15(11,19)20/h2-4,6,11H,5H2,1H3. The molecule has 0 amide bonds. The van der Waals surface area contributed by atoms with Crippen LogP contribution in [-0.4, -0.2) is 42.7 Å². The number of alkyl halides is 4. The Kier molecular flexibility index (Phi) is 3.40. The summed E-state index contributed by atoms with van der Waals surface area (Å²) in [6.07, 6.45) is -2.17. The predicted molar refractivity (Wildman–Crippen MR) is 77.6 cm³/mol. The predicted octanol–water partition coefficient (Wildman–Crippen LogP) is 3.06. The summed E-state index contributed by atoms with van der Waals surface area (Å²) < 4.78 is 72.4. The molecule has 0 aliphatic heterocycles. The normalized spacial score (nSPS) is 20.8. The Labute approximate surface area is 142 Å². The Bertz CT molecular complexity index is 1010. The number of aryl methyl sites for hydroxylation is 1. The van der Waals surface area contributed by atoms with Crippen molar-refractivity contribution >= 4 is 5.65 Å². The number of hydrogen-bond donors (Lipinski definition) is 0. The Hall–Kier alpha value is -2.85. The van der Waals surface area contributed by atoms with Crippen molar-refractivity contribution in [2.45, 2.75) is 31.3 Å². The van der Waals surface area contributed by atoms with E-state index in [1.54, 1.807) is 19.1 Å². The third kappa shape index (κ3) is 2.37. The van der Waals surface area contributed by atoms with Gasteiger partial charge in [0.05, 0.1) is 12.1 Å². The van der Waals surface area contributed by atoms with Crippen LogP contribution in [0.2, 0.25) is 0 Å². The summed E-state index contributed by atoms with van der Waals surface area (Å²) in [4.78, 5) is 3.62. The van der Waals surface area contributed by atoms with E-state index in [1.807, 2.05) is 0 Å². The van der Waals surface area contributed by atoms with E-state index in [2.05, 4.69) is 25.0 Å². The number of pyridine rings is 1. The molecule has 0 spiro atoms. The van der Waals surface area contributed by atoms with Crippen molar-refractivity contribution in [3.8, 4) is 17.1 Å². The van der Waals surface area contributed by atoms with Crippen molar-refractivity contribution in [1.29, 1.82) is 0 Å². The molecule has 3 heterocycles. The molecule has 0 aromatic carbocycles. The molecule has 3 aromatic rings. The zero-order valence-corrected chi connectivity index (χ0v) is 13.1. The number of aromatic nitrogens is 5. The van der Waals surface area contributed by atoms with E-state index in [-0.39, 0.29) is 5.56 Å². The number of fused-ring (bicyclic) bond motifs is 1. The summed E-state index contributed by atoms with van der Waals surface area (Å²) in [5.41, 5.74) is 1.07. The van der Waals surface area contributed by atoms with Gasteiger partial charge in [0, 0.05) is 11.8 Å². The summed E-state index contributed by atoms with van der Waals surface area (Å²) in [6.45, 7) is 1.68. The monoisotopic (exact) mass is 371 g/mol. The second-order valence-electron chi connectivity index (χ2n) is 5.88. The molecule has 0 N–H and O–H groups in total. The highest BCUT2D eigenvalue weighted by molar-refractivity contribution is 5.59. The number of hydrogen-bond acceptors (Lipinski definition) is 5. The number of rotatable bonds is 3. The Balaban J connectivity index is 1.60. The average molecular weight is 371 g/mol. The lowest BCUT2D eigenvalue weighted by Crippen LogP contribution is -2.64. The molecule has 11 heteroatoms. The third-order valence-electron chi connectivity index (χ3n) is 4.11. The second-order valence-corrected chi connectivity index (χ2v) is 5.88. The van der Waals surface area contributed by atoms with Gasteiger partial charge in [0.25, 0.3) is 5.88 Å². The van der Waals surface area contributed by atoms with Gasteiger partial charge in [-0.05, 0) is 25.1 Å². The van der Waals surface area contributed by atoms with Crippen molar-refractivity contribution in [1.82, 2.24) is 24.8 Å². The van der Waals surface area contributed by atoms with E-state index in [0.717, 1.165) is 12.3 Å². The number of ether oxygens (including phenoxy) is 1. The lowest BCUT2D eigenvalue weighted by molar-refractivity contribution is -0.324.